The van der Waals surface area contributed by atoms with Crippen LogP contribution in [0.5, 0.6) is 0 Å². The fourth-order valence-electron chi connectivity index (χ4n) is 2.15. The highest BCUT2D eigenvalue weighted by molar-refractivity contribution is 7.80. The van der Waals surface area contributed by atoms with E-state index in [-0.39, 0.29) is 16.4 Å². The molecule has 24 heavy (non-hydrogen) atoms. The lowest BCUT2D eigenvalue weighted by Crippen LogP contribution is -2.33. The smallest absolute Gasteiger partial charge is 0.335 e. The van der Waals surface area contributed by atoms with Gasteiger partial charge in [0, 0.05) is 11.1 Å². The largest absolute Gasteiger partial charge is 0.478 e. The third-order valence-corrected chi connectivity index (χ3v) is 3.45. The number of benzene rings is 2. The zero-order chi connectivity index (χ0) is 17.1. The average molecular weight is 340 g/mol. The number of para-hydroxylation sites is 1. The number of carbonyl (C=O) groups is 2. The predicted octanol–water partition coefficient (Wildman–Crippen LogP) is 3.26. The molecule has 0 bridgehead atoms. The average Bonchev–Trinajstić information content (AvgIpc) is 2.99. The Balaban J connectivity index is 1.69. The van der Waals surface area contributed by atoms with Crippen LogP contribution in [0, 0.1) is 0 Å². The second-order valence-electron chi connectivity index (χ2n) is 4.94. The third kappa shape index (κ3) is 3.41. The Labute approximate surface area is 142 Å². The molecule has 2 aromatic carbocycles. The summed E-state index contributed by atoms with van der Waals surface area (Å²) in [6, 6.07) is 15.0. The minimum atomic E-state index is -1.05. The molecule has 0 aliphatic rings. The first-order valence-corrected chi connectivity index (χ1v) is 7.38. The van der Waals surface area contributed by atoms with E-state index in [1.807, 2.05) is 18.2 Å². The van der Waals surface area contributed by atoms with Crippen LogP contribution in [0.1, 0.15) is 20.9 Å². The van der Waals surface area contributed by atoms with Gasteiger partial charge in [-0.25, -0.2) is 4.79 Å². The number of amides is 1. The molecule has 0 unspecified atom stereocenters. The molecule has 1 aromatic heterocycles. The topological polar surface area (TPSA) is 91.6 Å². The van der Waals surface area contributed by atoms with Crippen LogP contribution in [0.2, 0.25) is 0 Å². The van der Waals surface area contributed by atoms with Crippen molar-refractivity contribution in [1.29, 1.82) is 0 Å². The van der Waals surface area contributed by atoms with Crippen LogP contribution in [-0.2, 0) is 0 Å². The lowest BCUT2D eigenvalue weighted by molar-refractivity contribution is 0.0696. The fourth-order valence-corrected chi connectivity index (χ4v) is 2.36. The molecule has 6 nitrogen and oxygen atoms in total. The van der Waals surface area contributed by atoms with Gasteiger partial charge in [-0.2, -0.15) is 0 Å². The van der Waals surface area contributed by atoms with Crippen molar-refractivity contribution in [3.63, 3.8) is 0 Å². The molecule has 0 radical (unpaired) electrons. The Kier molecular flexibility index (Phi) is 4.26. The Morgan fingerprint density at radius 2 is 1.83 bits per heavy atom. The normalized spacial score (nSPS) is 10.3. The maximum atomic E-state index is 12.2. The first kappa shape index (κ1) is 15.7. The standard InChI is InChI=1S/C17H12N2O4S/c20-15(14-9-10-4-1-2-7-13(10)23-14)19-17(24)18-12-6-3-5-11(8-12)16(21)22/h1-9H,(H,21,22)(H2,18,19,20,24). The number of anilines is 1. The van der Waals surface area contributed by atoms with Gasteiger partial charge in [0.2, 0.25) is 0 Å². The number of rotatable bonds is 3. The minimum Gasteiger partial charge on any atom is -0.478 e. The van der Waals surface area contributed by atoms with E-state index in [1.54, 1.807) is 24.3 Å². The summed E-state index contributed by atoms with van der Waals surface area (Å²) in [5.41, 5.74) is 1.19. The van der Waals surface area contributed by atoms with Gasteiger partial charge in [0.15, 0.2) is 10.9 Å². The quantitative estimate of drug-likeness (QED) is 0.634. The third-order valence-electron chi connectivity index (χ3n) is 3.24. The SMILES string of the molecule is O=C(O)c1cccc(NC(=S)NC(=O)c2cc3ccccc3o2)c1. The van der Waals surface area contributed by atoms with Gasteiger partial charge in [-0.1, -0.05) is 24.3 Å². The van der Waals surface area contributed by atoms with Gasteiger partial charge < -0.3 is 14.8 Å². The van der Waals surface area contributed by atoms with E-state index in [4.69, 9.17) is 21.7 Å². The van der Waals surface area contributed by atoms with Gasteiger partial charge in [-0.15, -0.1) is 0 Å². The molecule has 0 saturated carbocycles. The van der Waals surface area contributed by atoms with Crippen molar-refractivity contribution in [3.8, 4) is 0 Å². The van der Waals surface area contributed by atoms with Crippen molar-refractivity contribution in [2.24, 2.45) is 0 Å². The summed E-state index contributed by atoms with van der Waals surface area (Å²) in [6.45, 7) is 0. The van der Waals surface area contributed by atoms with Gasteiger partial charge in [0.25, 0.3) is 5.91 Å². The summed E-state index contributed by atoms with van der Waals surface area (Å²) in [6.07, 6.45) is 0. The first-order valence-electron chi connectivity index (χ1n) is 6.97. The highest BCUT2D eigenvalue weighted by Crippen LogP contribution is 2.18. The maximum Gasteiger partial charge on any atom is 0.335 e. The van der Waals surface area contributed by atoms with E-state index in [0.717, 1.165) is 5.39 Å². The highest BCUT2D eigenvalue weighted by atomic mass is 32.1. The van der Waals surface area contributed by atoms with Gasteiger partial charge >= 0.3 is 5.97 Å². The second kappa shape index (κ2) is 6.51. The second-order valence-corrected chi connectivity index (χ2v) is 5.35. The molecule has 120 valence electrons. The van der Waals surface area contributed by atoms with Crippen molar-refractivity contribution in [3.05, 3.63) is 65.9 Å². The zero-order valence-corrected chi connectivity index (χ0v) is 13.1. The number of aromatic carboxylic acids is 1. The molecule has 3 N–H and O–H groups in total. The molecule has 3 rings (SSSR count). The molecule has 7 heteroatoms. The number of furan rings is 1. The molecule has 3 aromatic rings. The van der Waals surface area contributed by atoms with E-state index in [1.165, 1.54) is 12.1 Å². The van der Waals surface area contributed by atoms with Crippen LogP contribution in [0.15, 0.2) is 59.0 Å². The highest BCUT2D eigenvalue weighted by Gasteiger charge is 2.13. The summed E-state index contributed by atoms with van der Waals surface area (Å²) in [5.74, 6) is -1.39. The van der Waals surface area contributed by atoms with Crippen LogP contribution in [0.4, 0.5) is 5.69 Å². The summed E-state index contributed by atoms with van der Waals surface area (Å²) >= 11 is 5.07. The van der Waals surface area contributed by atoms with Gasteiger partial charge in [-0.05, 0) is 42.5 Å². The molecule has 0 fully saturated rings. The summed E-state index contributed by atoms with van der Waals surface area (Å²) in [5, 5.41) is 15.1. The molecule has 0 aliphatic carbocycles. The van der Waals surface area contributed by atoms with Gasteiger partial charge in [0.1, 0.15) is 5.58 Å². The van der Waals surface area contributed by atoms with Crippen molar-refractivity contribution in [2.45, 2.75) is 0 Å². The molecule has 1 heterocycles. The monoisotopic (exact) mass is 340 g/mol. The Bertz CT molecular complexity index is 915. The Hall–Kier alpha value is -3.19. The number of thiocarbonyl (C=S) groups is 1. The van der Waals surface area contributed by atoms with E-state index < -0.39 is 11.9 Å². The van der Waals surface area contributed by atoms with Gasteiger partial charge in [0.05, 0.1) is 5.56 Å². The number of carbonyl (C=O) groups excluding carboxylic acids is 1. The molecular formula is C17H12N2O4S. The van der Waals surface area contributed by atoms with Crippen LogP contribution in [0.3, 0.4) is 0 Å². The number of carboxylic acid groups (broad SMARTS) is 1. The summed E-state index contributed by atoms with van der Waals surface area (Å²) < 4.78 is 5.45. The fraction of sp³-hybridized carbons (Fsp3) is 0. The zero-order valence-electron chi connectivity index (χ0n) is 12.3. The van der Waals surface area contributed by atoms with Crippen LogP contribution in [-0.4, -0.2) is 22.1 Å². The number of hydrogen-bond donors (Lipinski definition) is 3. The number of fused-ring (bicyclic) bond motifs is 1. The molecule has 0 spiro atoms. The predicted molar refractivity (Wildman–Crippen MR) is 93.3 cm³/mol. The molecule has 0 saturated heterocycles. The van der Waals surface area contributed by atoms with Crippen molar-refractivity contribution in [1.82, 2.24) is 5.32 Å². The summed E-state index contributed by atoms with van der Waals surface area (Å²) in [7, 11) is 0. The van der Waals surface area contributed by atoms with Crippen LogP contribution < -0.4 is 10.6 Å². The molecule has 1 amide bonds. The Morgan fingerprint density at radius 3 is 2.58 bits per heavy atom. The maximum absolute atomic E-state index is 12.2. The van der Waals surface area contributed by atoms with Crippen molar-refractivity contribution >= 4 is 45.9 Å². The molecular weight excluding hydrogens is 328 g/mol. The Morgan fingerprint density at radius 1 is 1.04 bits per heavy atom. The van der Waals surface area contributed by atoms with E-state index in [0.29, 0.717) is 11.3 Å². The summed E-state index contributed by atoms with van der Waals surface area (Å²) in [4.78, 5) is 23.1. The minimum absolute atomic E-state index is 0.0444. The van der Waals surface area contributed by atoms with E-state index in [9.17, 15) is 9.59 Å². The van der Waals surface area contributed by atoms with E-state index >= 15 is 0 Å². The molecule has 0 atom stereocenters. The first-order chi connectivity index (χ1) is 11.5. The van der Waals surface area contributed by atoms with Crippen LogP contribution >= 0.6 is 12.2 Å². The lowest BCUT2D eigenvalue weighted by Gasteiger charge is -2.09. The van der Waals surface area contributed by atoms with Crippen molar-refractivity contribution < 1.29 is 19.1 Å². The van der Waals surface area contributed by atoms with Crippen LogP contribution in [0.25, 0.3) is 11.0 Å². The molecule has 0 aliphatic heterocycles. The van der Waals surface area contributed by atoms with E-state index in [2.05, 4.69) is 10.6 Å². The lowest BCUT2D eigenvalue weighted by atomic mass is 10.2. The van der Waals surface area contributed by atoms with Crippen molar-refractivity contribution in [2.75, 3.05) is 5.32 Å². The number of nitrogens with one attached hydrogen (secondary N) is 2. The number of carboxylic acids is 1. The number of hydrogen-bond acceptors (Lipinski definition) is 4. The van der Waals surface area contributed by atoms with Gasteiger partial charge in [-0.3, -0.25) is 10.1 Å².